The predicted molar refractivity (Wildman–Crippen MR) is 134 cm³/mol. The quantitative estimate of drug-likeness (QED) is 0.472. The molecule has 0 radical (unpaired) electrons. The standard InChI is InChI=1S/C25H27ClN2O4S/c1-17-13-18(2)25(19(3)14-17)27-24(29)16-32-22-11-9-21(10-12-22)28(33(4,30)31)15-20-7-5-6-8-23(20)26/h5-14H,15-16H2,1-4H3,(H,27,29). The van der Waals surface area contributed by atoms with Gasteiger partial charge in [-0.2, -0.15) is 0 Å². The summed E-state index contributed by atoms with van der Waals surface area (Å²) in [5, 5.41) is 3.39. The first-order valence-electron chi connectivity index (χ1n) is 10.4. The topological polar surface area (TPSA) is 75.7 Å². The van der Waals surface area contributed by atoms with Crippen molar-refractivity contribution in [1.82, 2.24) is 0 Å². The van der Waals surface area contributed by atoms with Gasteiger partial charge in [-0.3, -0.25) is 9.10 Å². The molecule has 1 N–H and O–H groups in total. The normalized spacial score (nSPS) is 11.2. The Morgan fingerprint density at radius 1 is 1.00 bits per heavy atom. The van der Waals surface area contributed by atoms with Gasteiger partial charge in [-0.25, -0.2) is 8.42 Å². The van der Waals surface area contributed by atoms with E-state index in [1.54, 1.807) is 42.5 Å². The van der Waals surface area contributed by atoms with Crippen LogP contribution in [0.25, 0.3) is 0 Å². The summed E-state index contributed by atoms with van der Waals surface area (Å²) in [6.45, 7) is 5.85. The lowest BCUT2D eigenvalue weighted by molar-refractivity contribution is -0.118. The molecule has 6 nitrogen and oxygen atoms in total. The van der Waals surface area contributed by atoms with Gasteiger partial charge in [0.05, 0.1) is 18.5 Å². The van der Waals surface area contributed by atoms with Crippen molar-refractivity contribution in [2.45, 2.75) is 27.3 Å². The highest BCUT2D eigenvalue weighted by atomic mass is 35.5. The molecule has 174 valence electrons. The number of hydrogen-bond donors (Lipinski definition) is 1. The summed E-state index contributed by atoms with van der Waals surface area (Å²) in [5.74, 6) is 0.183. The summed E-state index contributed by atoms with van der Waals surface area (Å²) >= 11 is 6.21. The first kappa shape index (κ1) is 24.6. The van der Waals surface area contributed by atoms with Crippen molar-refractivity contribution < 1.29 is 17.9 Å². The average Bonchev–Trinajstić information content (AvgIpc) is 2.74. The van der Waals surface area contributed by atoms with E-state index < -0.39 is 10.0 Å². The highest BCUT2D eigenvalue weighted by Crippen LogP contribution is 2.26. The van der Waals surface area contributed by atoms with Gasteiger partial charge < -0.3 is 10.1 Å². The molecule has 0 unspecified atom stereocenters. The van der Waals surface area contributed by atoms with Crippen molar-refractivity contribution in [1.29, 1.82) is 0 Å². The zero-order chi connectivity index (χ0) is 24.2. The molecule has 0 saturated carbocycles. The summed E-state index contributed by atoms with van der Waals surface area (Å²) in [6.07, 6.45) is 1.15. The molecule has 0 fully saturated rings. The molecule has 3 rings (SSSR count). The molecule has 0 atom stereocenters. The number of aryl methyl sites for hydroxylation is 3. The molecule has 0 saturated heterocycles. The number of carbonyl (C=O) groups excluding carboxylic acids is 1. The lowest BCUT2D eigenvalue weighted by atomic mass is 10.1. The SMILES string of the molecule is Cc1cc(C)c(NC(=O)COc2ccc(N(Cc3ccccc3Cl)S(C)(=O)=O)cc2)c(C)c1. The fourth-order valence-corrected chi connectivity index (χ4v) is 4.67. The Balaban J connectivity index is 1.67. The third-order valence-electron chi connectivity index (χ3n) is 5.11. The van der Waals surface area contributed by atoms with Gasteiger partial charge in [-0.1, -0.05) is 47.5 Å². The third-order valence-corrected chi connectivity index (χ3v) is 6.62. The van der Waals surface area contributed by atoms with E-state index in [0.29, 0.717) is 22.0 Å². The van der Waals surface area contributed by atoms with Crippen LogP contribution in [0.1, 0.15) is 22.3 Å². The van der Waals surface area contributed by atoms with Gasteiger partial charge in [0.25, 0.3) is 5.91 Å². The monoisotopic (exact) mass is 486 g/mol. The second-order valence-corrected chi connectivity index (χ2v) is 10.3. The Morgan fingerprint density at radius 3 is 2.18 bits per heavy atom. The van der Waals surface area contributed by atoms with Crippen molar-refractivity contribution >= 4 is 38.9 Å². The number of hydrogen-bond acceptors (Lipinski definition) is 4. The van der Waals surface area contributed by atoms with Crippen LogP contribution in [0.15, 0.2) is 60.7 Å². The summed E-state index contributed by atoms with van der Waals surface area (Å²) in [6, 6.07) is 17.7. The first-order valence-corrected chi connectivity index (χ1v) is 12.6. The Hall–Kier alpha value is -3.03. The molecular weight excluding hydrogens is 460 g/mol. The zero-order valence-corrected chi connectivity index (χ0v) is 20.6. The fraction of sp³-hybridized carbons (Fsp3) is 0.240. The Labute approximate surface area is 200 Å². The number of nitrogens with zero attached hydrogens (tertiary/aromatic N) is 1. The van der Waals surface area contributed by atoms with Gasteiger partial charge in [-0.15, -0.1) is 0 Å². The molecule has 8 heteroatoms. The summed E-state index contributed by atoms with van der Waals surface area (Å²) in [5.41, 5.74) is 5.07. The molecule has 1 amide bonds. The third kappa shape index (κ3) is 6.49. The summed E-state index contributed by atoms with van der Waals surface area (Å²) in [4.78, 5) is 12.4. The van der Waals surface area contributed by atoms with Gasteiger partial charge in [0.2, 0.25) is 10.0 Å². The summed E-state index contributed by atoms with van der Waals surface area (Å²) in [7, 11) is -3.55. The van der Waals surface area contributed by atoms with E-state index in [-0.39, 0.29) is 19.1 Å². The van der Waals surface area contributed by atoms with Crippen molar-refractivity contribution in [3.63, 3.8) is 0 Å². The molecule has 0 aromatic heterocycles. The number of carbonyl (C=O) groups is 1. The maximum Gasteiger partial charge on any atom is 0.262 e. The van der Waals surface area contributed by atoms with Gasteiger partial charge in [-0.05, 0) is 67.8 Å². The van der Waals surface area contributed by atoms with E-state index in [2.05, 4.69) is 5.32 Å². The van der Waals surface area contributed by atoms with Crippen LogP contribution in [-0.2, 0) is 21.4 Å². The van der Waals surface area contributed by atoms with Crippen LogP contribution in [0.5, 0.6) is 5.75 Å². The molecule has 0 aliphatic rings. The van der Waals surface area contributed by atoms with Gasteiger partial charge in [0, 0.05) is 10.7 Å². The molecule has 0 bridgehead atoms. The molecule has 0 aliphatic carbocycles. The largest absolute Gasteiger partial charge is 0.484 e. The number of rotatable bonds is 8. The van der Waals surface area contributed by atoms with Crippen LogP contribution in [0.4, 0.5) is 11.4 Å². The first-order chi connectivity index (χ1) is 15.5. The van der Waals surface area contributed by atoms with Crippen molar-refractivity contribution in [3.05, 3.63) is 87.9 Å². The Morgan fingerprint density at radius 2 is 1.61 bits per heavy atom. The van der Waals surface area contributed by atoms with E-state index in [9.17, 15) is 13.2 Å². The minimum absolute atomic E-state index is 0.108. The minimum atomic E-state index is -3.55. The predicted octanol–water partition coefficient (Wildman–Crippen LogP) is 5.25. The van der Waals surface area contributed by atoms with Crippen LogP contribution >= 0.6 is 11.6 Å². The number of sulfonamides is 1. The molecular formula is C25H27ClN2O4S. The van der Waals surface area contributed by atoms with E-state index in [1.165, 1.54) is 4.31 Å². The molecule has 3 aromatic rings. The fourth-order valence-electron chi connectivity index (χ4n) is 3.59. The number of halogens is 1. The maximum absolute atomic E-state index is 12.4. The van der Waals surface area contributed by atoms with Crippen molar-refractivity contribution in [2.24, 2.45) is 0 Å². The number of amides is 1. The average molecular weight is 487 g/mol. The van der Waals surface area contributed by atoms with E-state index in [0.717, 1.165) is 28.6 Å². The van der Waals surface area contributed by atoms with E-state index in [1.807, 2.05) is 39.0 Å². The highest BCUT2D eigenvalue weighted by molar-refractivity contribution is 7.92. The molecule has 0 heterocycles. The van der Waals surface area contributed by atoms with Crippen LogP contribution in [-0.4, -0.2) is 27.2 Å². The second-order valence-electron chi connectivity index (χ2n) is 7.97. The Bertz CT molecular complexity index is 1230. The van der Waals surface area contributed by atoms with Crippen molar-refractivity contribution in [2.75, 3.05) is 22.5 Å². The number of anilines is 2. The van der Waals surface area contributed by atoms with E-state index >= 15 is 0 Å². The molecule has 33 heavy (non-hydrogen) atoms. The minimum Gasteiger partial charge on any atom is -0.484 e. The van der Waals surface area contributed by atoms with Crippen LogP contribution < -0.4 is 14.4 Å². The number of ether oxygens (including phenoxy) is 1. The second kappa shape index (κ2) is 10.3. The lowest BCUT2D eigenvalue weighted by Gasteiger charge is -2.23. The van der Waals surface area contributed by atoms with Gasteiger partial charge in [0.15, 0.2) is 6.61 Å². The molecule has 3 aromatic carbocycles. The smallest absolute Gasteiger partial charge is 0.262 e. The number of benzene rings is 3. The van der Waals surface area contributed by atoms with E-state index in [4.69, 9.17) is 16.3 Å². The van der Waals surface area contributed by atoms with Gasteiger partial charge >= 0.3 is 0 Å². The van der Waals surface area contributed by atoms with Crippen molar-refractivity contribution in [3.8, 4) is 5.75 Å². The Kier molecular flexibility index (Phi) is 7.66. The highest BCUT2D eigenvalue weighted by Gasteiger charge is 2.19. The number of nitrogens with one attached hydrogen (secondary N) is 1. The van der Waals surface area contributed by atoms with Crippen LogP contribution in [0, 0.1) is 20.8 Å². The molecule has 0 spiro atoms. The zero-order valence-electron chi connectivity index (χ0n) is 19.1. The maximum atomic E-state index is 12.4. The van der Waals surface area contributed by atoms with Crippen LogP contribution in [0.3, 0.4) is 0 Å². The van der Waals surface area contributed by atoms with Crippen LogP contribution in [0.2, 0.25) is 5.02 Å². The lowest BCUT2D eigenvalue weighted by Crippen LogP contribution is -2.29. The van der Waals surface area contributed by atoms with Gasteiger partial charge in [0.1, 0.15) is 5.75 Å². The molecule has 0 aliphatic heterocycles. The summed E-state index contributed by atoms with van der Waals surface area (Å²) < 4.78 is 31.7.